The molecule has 1 aromatic rings. The Balaban J connectivity index is 1.80. The Hall–Kier alpha value is -1.61. The van der Waals surface area contributed by atoms with Crippen LogP contribution in [0.4, 0.5) is 13.2 Å². The van der Waals surface area contributed by atoms with E-state index in [1.807, 2.05) is 0 Å². The summed E-state index contributed by atoms with van der Waals surface area (Å²) in [6, 6.07) is 3.83. The molecular formula is C16H19F3N2O3S. The lowest BCUT2D eigenvalue weighted by molar-refractivity contribution is -0.140. The molecule has 0 bridgehead atoms. The van der Waals surface area contributed by atoms with E-state index in [0.717, 1.165) is 34.7 Å². The molecular weight excluding hydrogens is 357 g/mol. The van der Waals surface area contributed by atoms with Gasteiger partial charge >= 0.3 is 6.18 Å². The van der Waals surface area contributed by atoms with E-state index < -0.39 is 34.7 Å². The second kappa shape index (κ2) is 6.60. The molecule has 0 saturated carbocycles. The van der Waals surface area contributed by atoms with Gasteiger partial charge in [-0.15, -0.1) is 0 Å². The van der Waals surface area contributed by atoms with Crippen LogP contribution >= 0.6 is 0 Å². The molecule has 25 heavy (non-hydrogen) atoms. The molecule has 0 aromatic heterocycles. The van der Waals surface area contributed by atoms with Crippen molar-refractivity contribution >= 4 is 15.9 Å². The van der Waals surface area contributed by atoms with Gasteiger partial charge in [-0.2, -0.15) is 17.5 Å². The van der Waals surface area contributed by atoms with E-state index in [2.05, 4.69) is 0 Å². The highest BCUT2D eigenvalue weighted by atomic mass is 32.2. The van der Waals surface area contributed by atoms with Crippen molar-refractivity contribution in [2.24, 2.45) is 0 Å². The topological polar surface area (TPSA) is 66.5 Å². The van der Waals surface area contributed by atoms with Gasteiger partial charge in [-0.05, 0) is 55.4 Å². The number of alkyl halides is 3. The molecule has 2 aliphatic rings. The molecule has 1 aliphatic carbocycles. The van der Waals surface area contributed by atoms with Gasteiger partial charge in [-0.25, -0.2) is 8.42 Å². The Labute approximate surface area is 144 Å². The molecule has 1 atom stereocenters. The number of benzene rings is 1. The molecule has 1 saturated heterocycles. The summed E-state index contributed by atoms with van der Waals surface area (Å²) in [5.74, 6) is -0.903. The second-order valence-corrected chi connectivity index (χ2v) is 8.28. The number of amides is 1. The minimum atomic E-state index is -4.53. The minimum absolute atomic E-state index is 0.101. The van der Waals surface area contributed by atoms with Crippen LogP contribution in [-0.2, 0) is 27.7 Å². The number of aryl methyl sites for hydroxylation is 2. The van der Waals surface area contributed by atoms with Gasteiger partial charge in [0, 0.05) is 6.54 Å². The highest BCUT2D eigenvalue weighted by Gasteiger charge is 2.40. The van der Waals surface area contributed by atoms with Crippen LogP contribution < -0.4 is 5.32 Å². The summed E-state index contributed by atoms with van der Waals surface area (Å²) in [5, 5.41) is 1.79. The number of sulfonamides is 1. The van der Waals surface area contributed by atoms with Crippen molar-refractivity contribution < 1.29 is 26.4 Å². The lowest BCUT2D eigenvalue weighted by Crippen LogP contribution is -2.47. The molecule has 138 valence electrons. The molecule has 1 aliphatic heterocycles. The summed E-state index contributed by atoms with van der Waals surface area (Å²) in [6.45, 7) is -1.33. The molecule has 5 nitrogen and oxygen atoms in total. The number of hydrogen-bond acceptors (Lipinski definition) is 3. The average Bonchev–Trinajstić information content (AvgIpc) is 3.20. The fourth-order valence-electron chi connectivity index (χ4n) is 3.44. The van der Waals surface area contributed by atoms with Crippen molar-refractivity contribution in [3.05, 3.63) is 29.3 Å². The maximum Gasteiger partial charge on any atom is 0.405 e. The SMILES string of the molecule is O=C(NCC(F)(F)F)C1CCCN1S(=O)(=O)c1ccc2c(c1)CCC2. The van der Waals surface area contributed by atoms with Crippen molar-refractivity contribution in [2.75, 3.05) is 13.1 Å². The van der Waals surface area contributed by atoms with E-state index in [1.165, 1.54) is 6.07 Å². The molecule has 1 amide bonds. The zero-order chi connectivity index (χ0) is 18.2. The molecule has 3 rings (SSSR count). The standard InChI is InChI=1S/C16H19F3N2O3S/c17-16(18,19)10-20-15(22)14-5-2-8-21(14)25(23,24)13-7-6-11-3-1-4-12(11)9-13/h6-7,9,14H,1-5,8,10H2,(H,20,22). The first kappa shape index (κ1) is 18.2. The first-order chi connectivity index (χ1) is 11.7. The Morgan fingerprint density at radius 1 is 1.20 bits per heavy atom. The zero-order valence-corrected chi connectivity index (χ0v) is 14.3. The van der Waals surface area contributed by atoms with Crippen LogP contribution in [-0.4, -0.2) is 43.9 Å². The first-order valence-electron chi connectivity index (χ1n) is 8.16. The molecule has 0 spiro atoms. The number of rotatable bonds is 4. The summed E-state index contributed by atoms with van der Waals surface area (Å²) >= 11 is 0. The van der Waals surface area contributed by atoms with Crippen LogP contribution in [0.1, 0.15) is 30.4 Å². The van der Waals surface area contributed by atoms with Gasteiger partial charge in [0.25, 0.3) is 0 Å². The molecule has 1 heterocycles. The van der Waals surface area contributed by atoms with Crippen LogP contribution in [0.2, 0.25) is 0 Å². The van der Waals surface area contributed by atoms with Gasteiger partial charge in [0.15, 0.2) is 0 Å². The van der Waals surface area contributed by atoms with Crippen LogP contribution in [0, 0.1) is 0 Å². The maximum atomic E-state index is 12.9. The lowest BCUT2D eigenvalue weighted by Gasteiger charge is -2.24. The third kappa shape index (κ3) is 3.82. The average molecular weight is 376 g/mol. The van der Waals surface area contributed by atoms with Gasteiger partial charge in [0.05, 0.1) is 4.90 Å². The number of carbonyl (C=O) groups excluding carboxylic acids is 1. The number of nitrogens with zero attached hydrogens (tertiary/aromatic N) is 1. The Bertz CT molecular complexity index is 777. The van der Waals surface area contributed by atoms with Crippen molar-refractivity contribution in [3.63, 3.8) is 0 Å². The monoisotopic (exact) mass is 376 g/mol. The lowest BCUT2D eigenvalue weighted by atomic mass is 10.1. The van der Waals surface area contributed by atoms with Gasteiger partial charge in [-0.1, -0.05) is 6.07 Å². The maximum absolute atomic E-state index is 12.9. The molecule has 0 radical (unpaired) electrons. The summed E-state index contributed by atoms with van der Waals surface area (Å²) < 4.78 is 63.6. The largest absolute Gasteiger partial charge is 0.405 e. The summed E-state index contributed by atoms with van der Waals surface area (Å²) in [7, 11) is -3.92. The van der Waals surface area contributed by atoms with Crippen LogP contribution in [0.25, 0.3) is 0 Å². The Kier molecular flexibility index (Phi) is 4.80. The number of nitrogens with one attached hydrogen (secondary N) is 1. The van der Waals surface area contributed by atoms with E-state index in [0.29, 0.717) is 6.42 Å². The third-order valence-electron chi connectivity index (χ3n) is 4.65. The third-order valence-corrected chi connectivity index (χ3v) is 6.55. The van der Waals surface area contributed by atoms with Crippen molar-refractivity contribution in [1.82, 2.24) is 9.62 Å². The van der Waals surface area contributed by atoms with Crippen molar-refractivity contribution in [1.29, 1.82) is 0 Å². The second-order valence-electron chi connectivity index (χ2n) is 6.39. The van der Waals surface area contributed by atoms with Gasteiger partial charge in [0.2, 0.25) is 15.9 Å². The number of fused-ring (bicyclic) bond motifs is 1. The summed E-state index contributed by atoms with van der Waals surface area (Å²) in [5.41, 5.74) is 2.11. The molecule has 9 heteroatoms. The van der Waals surface area contributed by atoms with Crippen molar-refractivity contribution in [2.45, 2.75) is 49.2 Å². The molecule has 1 unspecified atom stereocenters. The van der Waals surface area contributed by atoms with E-state index in [1.54, 1.807) is 17.4 Å². The highest BCUT2D eigenvalue weighted by molar-refractivity contribution is 7.89. The zero-order valence-electron chi connectivity index (χ0n) is 13.5. The van der Waals surface area contributed by atoms with Gasteiger partial charge < -0.3 is 5.32 Å². The summed E-state index contributed by atoms with van der Waals surface area (Å²) in [6.07, 6.45) is -1.17. The number of hydrogen-bond donors (Lipinski definition) is 1. The smallest absolute Gasteiger partial charge is 0.346 e. The predicted octanol–water partition coefficient (Wildman–Crippen LogP) is 2.01. The van der Waals surface area contributed by atoms with E-state index >= 15 is 0 Å². The van der Waals surface area contributed by atoms with Crippen molar-refractivity contribution in [3.8, 4) is 0 Å². The van der Waals surface area contributed by atoms with Gasteiger partial charge in [-0.3, -0.25) is 4.79 Å². The normalized spacial score (nSPS) is 21.3. The summed E-state index contributed by atoms with van der Waals surface area (Å²) in [4.78, 5) is 12.2. The predicted molar refractivity (Wildman–Crippen MR) is 84.4 cm³/mol. The minimum Gasteiger partial charge on any atom is -0.346 e. The first-order valence-corrected chi connectivity index (χ1v) is 9.60. The Morgan fingerprint density at radius 3 is 2.64 bits per heavy atom. The molecule has 1 fully saturated rings. The van der Waals surface area contributed by atoms with Crippen LogP contribution in [0.15, 0.2) is 23.1 Å². The number of halogens is 3. The van der Waals surface area contributed by atoms with Crippen LogP contribution in [0.5, 0.6) is 0 Å². The van der Waals surface area contributed by atoms with E-state index in [4.69, 9.17) is 0 Å². The van der Waals surface area contributed by atoms with Gasteiger partial charge in [0.1, 0.15) is 12.6 Å². The fraction of sp³-hybridized carbons (Fsp3) is 0.562. The molecule has 1 N–H and O–H groups in total. The quantitative estimate of drug-likeness (QED) is 0.874. The number of carbonyl (C=O) groups is 1. The van der Waals surface area contributed by atoms with E-state index in [-0.39, 0.29) is 17.9 Å². The van der Waals surface area contributed by atoms with Crippen LogP contribution in [0.3, 0.4) is 0 Å². The highest BCUT2D eigenvalue weighted by Crippen LogP contribution is 2.30. The molecule has 1 aromatic carbocycles. The fourth-order valence-corrected chi connectivity index (χ4v) is 5.15. The Morgan fingerprint density at radius 2 is 1.92 bits per heavy atom. The van der Waals surface area contributed by atoms with E-state index in [9.17, 15) is 26.4 Å².